The highest BCUT2D eigenvalue weighted by molar-refractivity contribution is 5.33. The molecule has 0 bridgehead atoms. The third-order valence-electron chi connectivity index (χ3n) is 8.41. The number of benzene rings is 1. The molecule has 0 saturated heterocycles. The van der Waals surface area contributed by atoms with E-state index >= 15 is 0 Å². The molecule has 0 N–H and O–H groups in total. The summed E-state index contributed by atoms with van der Waals surface area (Å²) in [5, 5.41) is 8.87. The Balaban J connectivity index is 1.28. The Bertz CT molecular complexity index is 674. The number of aryl methyl sites for hydroxylation is 1. The number of hydrogen-bond donors (Lipinski definition) is 0. The van der Waals surface area contributed by atoms with Crippen molar-refractivity contribution in [3.63, 3.8) is 0 Å². The van der Waals surface area contributed by atoms with E-state index in [1.54, 1.807) is 12.1 Å². The predicted octanol–water partition coefficient (Wildman–Crippen LogP) is 8.99. The molecule has 0 heterocycles. The molecule has 0 spiro atoms. The Labute approximate surface area is 190 Å². The second-order valence-electron chi connectivity index (χ2n) is 10.6. The van der Waals surface area contributed by atoms with Crippen molar-refractivity contribution in [2.45, 2.75) is 116 Å². The van der Waals surface area contributed by atoms with Gasteiger partial charge in [0.05, 0.1) is 5.56 Å². The van der Waals surface area contributed by atoms with Gasteiger partial charge < -0.3 is 0 Å². The summed E-state index contributed by atoms with van der Waals surface area (Å²) in [6.07, 6.45) is 23.7. The molecule has 2 aliphatic carbocycles. The third-order valence-corrected chi connectivity index (χ3v) is 8.41. The lowest BCUT2D eigenvalue weighted by Crippen LogP contribution is -2.26. The molecule has 0 amide bonds. The lowest BCUT2D eigenvalue weighted by atomic mass is 9.68. The Morgan fingerprint density at radius 3 is 1.97 bits per heavy atom. The van der Waals surface area contributed by atoms with E-state index in [2.05, 4.69) is 6.92 Å². The Morgan fingerprint density at radius 2 is 1.39 bits per heavy atom. The summed E-state index contributed by atoms with van der Waals surface area (Å²) in [6.45, 7) is 2.30. The molecule has 3 rings (SSSR count). The molecule has 0 atom stereocenters. The van der Waals surface area contributed by atoms with Gasteiger partial charge in [-0.15, -0.1) is 0 Å². The third kappa shape index (κ3) is 7.93. The average Bonchev–Trinajstić information content (AvgIpc) is 2.81. The van der Waals surface area contributed by atoms with Crippen molar-refractivity contribution < 1.29 is 4.39 Å². The largest absolute Gasteiger partial charge is 0.206 e. The molecular weight excluding hydrogens is 381 g/mol. The summed E-state index contributed by atoms with van der Waals surface area (Å²) in [6, 6.07) is 7.03. The van der Waals surface area contributed by atoms with Gasteiger partial charge >= 0.3 is 0 Å². The lowest BCUT2D eigenvalue weighted by Gasteiger charge is -2.38. The zero-order valence-corrected chi connectivity index (χ0v) is 19.9. The summed E-state index contributed by atoms with van der Waals surface area (Å²) in [7, 11) is 0. The fourth-order valence-corrected chi connectivity index (χ4v) is 6.29. The monoisotopic (exact) mass is 425 g/mol. The van der Waals surface area contributed by atoms with E-state index in [0.29, 0.717) is 0 Å². The molecule has 2 heteroatoms. The summed E-state index contributed by atoms with van der Waals surface area (Å²) >= 11 is 0. The molecule has 0 unspecified atom stereocenters. The van der Waals surface area contributed by atoms with Crippen molar-refractivity contribution in [1.29, 1.82) is 5.26 Å². The minimum absolute atomic E-state index is 0.158. The standard InChI is InChI=1S/C29H44FN/c1-2-3-4-5-6-7-8-23-11-16-26(17-12-23)27-18-13-24(14-19-27)9-10-25-15-20-28(22-31)29(30)21-25/h15,20-21,23-24,26-27H,2-14,16-19H2,1H3. The number of rotatable bonds is 11. The van der Waals surface area contributed by atoms with Gasteiger partial charge in [-0.05, 0) is 79.9 Å². The van der Waals surface area contributed by atoms with Crippen LogP contribution in [0.4, 0.5) is 4.39 Å². The normalized spacial score (nSPS) is 26.5. The molecule has 1 nitrogen and oxygen atoms in total. The van der Waals surface area contributed by atoms with Gasteiger partial charge in [0.2, 0.25) is 0 Å². The molecular formula is C29H44FN. The predicted molar refractivity (Wildman–Crippen MR) is 128 cm³/mol. The Hall–Kier alpha value is -1.36. The van der Waals surface area contributed by atoms with Crippen molar-refractivity contribution >= 4 is 0 Å². The fraction of sp³-hybridized carbons (Fsp3) is 0.759. The molecule has 2 fully saturated rings. The second-order valence-corrected chi connectivity index (χ2v) is 10.6. The van der Waals surface area contributed by atoms with E-state index in [0.717, 1.165) is 35.7 Å². The van der Waals surface area contributed by atoms with Gasteiger partial charge in [-0.25, -0.2) is 4.39 Å². The first-order valence-corrected chi connectivity index (χ1v) is 13.4. The SMILES string of the molecule is CCCCCCCCC1CCC(C2CCC(CCc3ccc(C#N)c(F)c3)CC2)CC1. The van der Waals surface area contributed by atoms with E-state index in [1.165, 1.54) is 103 Å². The van der Waals surface area contributed by atoms with Crippen LogP contribution in [0.5, 0.6) is 0 Å². The van der Waals surface area contributed by atoms with E-state index < -0.39 is 0 Å². The lowest BCUT2D eigenvalue weighted by molar-refractivity contribution is 0.140. The summed E-state index contributed by atoms with van der Waals surface area (Å²) in [4.78, 5) is 0. The van der Waals surface area contributed by atoms with Gasteiger partial charge in [0.15, 0.2) is 0 Å². The van der Waals surface area contributed by atoms with Crippen LogP contribution in [0, 0.1) is 40.8 Å². The van der Waals surface area contributed by atoms with Crippen LogP contribution < -0.4 is 0 Å². The molecule has 31 heavy (non-hydrogen) atoms. The van der Waals surface area contributed by atoms with Crippen LogP contribution in [0.1, 0.15) is 121 Å². The van der Waals surface area contributed by atoms with Crippen molar-refractivity contribution in [3.05, 3.63) is 35.1 Å². The Kier molecular flexibility index (Phi) is 10.4. The smallest absolute Gasteiger partial charge is 0.141 e. The Morgan fingerprint density at radius 1 is 0.806 bits per heavy atom. The van der Waals surface area contributed by atoms with Crippen LogP contribution in [0.3, 0.4) is 0 Å². The van der Waals surface area contributed by atoms with Crippen LogP contribution in [0.15, 0.2) is 18.2 Å². The molecule has 2 saturated carbocycles. The molecule has 1 aromatic carbocycles. The van der Waals surface area contributed by atoms with E-state index in [9.17, 15) is 4.39 Å². The first-order valence-electron chi connectivity index (χ1n) is 13.4. The van der Waals surface area contributed by atoms with Crippen LogP contribution in [0.2, 0.25) is 0 Å². The van der Waals surface area contributed by atoms with Gasteiger partial charge in [0.1, 0.15) is 11.9 Å². The molecule has 0 radical (unpaired) electrons. The highest BCUT2D eigenvalue weighted by Crippen LogP contribution is 2.43. The summed E-state index contributed by atoms with van der Waals surface area (Å²) in [5.41, 5.74) is 1.20. The van der Waals surface area contributed by atoms with Gasteiger partial charge in [-0.1, -0.05) is 83.6 Å². The first kappa shape index (κ1) is 24.3. The topological polar surface area (TPSA) is 23.8 Å². The maximum Gasteiger partial charge on any atom is 0.141 e. The maximum absolute atomic E-state index is 13.8. The number of nitrogens with zero attached hydrogens (tertiary/aromatic N) is 1. The van der Waals surface area contributed by atoms with Crippen molar-refractivity contribution in [2.75, 3.05) is 0 Å². The van der Waals surface area contributed by atoms with Gasteiger partial charge in [0, 0.05) is 0 Å². The molecule has 2 aliphatic rings. The van der Waals surface area contributed by atoms with Crippen LogP contribution in [-0.4, -0.2) is 0 Å². The quantitative estimate of drug-likeness (QED) is 0.324. The average molecular weight is 426 g/mol. The number of nitriles is 1. The second kappa shape index (κ2) is 13.2. The van der Waals surface area contributed by atoms with Crippen molar-refractivity contribution in [1.82, 2.24) is 0 Å². The minimum atomic E-state index is -0.365. The number of unbranched alkanes of at least 4 members (excludes halogenated alkanes) is 5. The van der Waals surface area contributed by atoms with Crippen molar-refractivity contribution in [2.24, 2.45) is 23.7 Å². The van der Waals surface area contributed by atoms with E-state index in [-0.39, 0.29) is 11.4 Å². The maximum atomic E-state index is 13.8. The number of halogens is 1. The molecule has 0 aliphatic heterocycles. The number of hydrogen-bond acceptors (Lipinski definition) is 1. The van der Waals surface area contributed by atoms with Crippen LogP contribution in [0.25, 0.3) is 0 Å². The highest BCUT2D eigenvalue weighted by Gasteiger charge is 2.30. The zero-order valence-electron chi connectivity index (χ0n) is 19.9. The molecule has 0 aromatic heterocycles. The zero-order chi connectivity index (χ0) is 21.9. The van der Waals surface area contributed by atoms with Gasteiger partial charge in [0.25, 0.3) is 0 Å². The summed E-state index contributed by atoms with van der Waals surface area (Å²) in [5.74, 6) is 3.43. The van der Waals surface area contributed by atoms with E-state index in [1.807, 2.05) is 12.1 Å². The van der Waals surface area contributed by atoms with Gasteiger partial charge in [-0.2, -0.15) is 5.26 Å². The van der Waals surface area contributed by atoms with Gasteiger partial charge in [-0.3, -0.25) is 0 Å². The molecule has 1 aromatic rings. The highest BCUT2D eigenvalue weighted by atomic mass is 19.1. The fourth-order valence-electron chi connectivity index (χ4n) is 6.29. The van der Waals surface area contributed by atoms with Crippen molar-refractivity contribution in [3.8, 4) is 6.07 Å². The first-order chi connectivity index (χ1) is 15.2. The van der Waals surface area contributed by atoms with E-state index in [4.69, 9.17) is 5.26 Å². The van der Waals surface area contributed by atoms with Crippen LogP contribution >= 0.6 is 0 Å². The summed E-state index contributed by atoms with van der Waals surface area (Å²) < 4.78 is 13.8. The van der Waals surface area contributed by atoms with Crippen LogP contribution in [-0.2, 0) is 6.42 Å². The molecule has 172 valence electrons. The minimum Gasteiger partial charge on any atom is -0.206 e.